The number of benzene rings is 2. The first kappa shape index (κ1) is 18.7. The monoisotopic (exact) mass is 410 g/mol. The van der Waals surface area contributed by atoms with E-state index in [9.17, 15) is 9.18 Å². The van der Waals surface area contributed by atoms with Crippen LogP contribution < -0.4 is 5.32 Å². The van der Waals surface area contributed by atoms with Crippen molar-refractivity contribution in [2.45, 2.75) is 11.7 Å². The zero-order valence-corrected chi connectivity index (χ0v) is 15.6. The Labute approximate surface area is 163 Å². The largest absolute Gasteiger partial charge is 0.351 e. The minimum atomic E-state index is -0.391. The van der Waals surface area contributed by atoms with Gasteiger partial charge >= 0.3 is 0 Å². The Kier molecular flexibility index (Phi) is 6.13. The van der Waals surface area contributed by atoms with Gasteiger partial charge < -0.3 is 5.32 Å². The van der Waals surface area contributed by atoms with Crippen LogP contribution in [0, 0.1) is 5.82 Å². The van der Waals surface area contributed by atoms with Crippen LogP contribution in [0.1, 0.15) is 5.56 Å². The molecule has 0 radical (unpaired) electrons. The fourth-order valence-corrected chi connectivity index (χ4v) is 3.23. The van der Waals surface area contributed by atoms with E-state index in [4.69, 9.17) is 23.2 Å². The average molecular weight is 411 g/mol. The Balaban J connectivity index is 1.53. The maximum absolute atomic E-state index is 13.7. The van der Waals surface area contributed by atoms with Crippen LogP contribution >= 0.6 is 35.0 Å². The summed E-state index contributed by atoms with van der Waals surface area (Å²) in [6.07, 6.45) is 0. The average Bonchev–Trinajstić information content (AvgIpc) is 3.08. The number of halogens is 3. The third-order valence-corrected chi connectivity index (χ3v) is 4.85. The molecule has 9 heteroatoms. The molecular formula is C17H13Cl2FN4OS. The number of hydrogen-bond donors (Lipinski definition) is 2. The van der Waals surface area contributed by atoms with Gasteiger partial charge in [-0.25, -0.2) is 9.37 Å². The quantitative estimate of drug-likeness (QED) is 0.593. The van der Waals surface area contributed by atoms with Crippen LogP contribution in [0.4, 0.5) is 4.39 Å². The fraction of sp³-hybridized carbons (Fsp3) is 0.118. The van der Waals surface area contributed by atoms with E-state index in [0.29, 0.717) is 33.1 Å². The van der Waals surface area contributed by atoms with Crippen LogP contribution in [0.3, 0.4) is 0 Å². The molecule has 0 aliphatic carbocycles. The highest BCUT2D eigenvalue weighted by atomic mass is 35.5. The number of carbonyl (C=O) groups excluding carboxylic acids is 1. The number of thioether (sulfide) groups is 1. The summed E-state index contributed by atoms with van der Waals surface area (Å²) in [5, 5.41) is 10.8. The van der Waals surface area contributed by atoms with Crippen molar-refractivity contribution in [2.75, 3.05) is 5.75 Å². The molecule has 1 heterocycles. The second kappa shape index (κ2) is 8.53. The van der Waals surface area contributed by atoms with Crippen LogP contribution in [0.15, 0.2) is 47.6 Å². The standard InChI is InChI=1S/C17H13Cl2FN4OS/c18-11-6-5-10(13(19)7-11)8-21-15(25)9-26-17-22-16(23-24-17)12-3-1-2-4-14(12)20/h1-7H,8-9H2,(H,21,25)(H,22,23,24). The van der Waals surface area contributed by atoms with Gasteiger partial charge in [0.1, 0.15) is 5.82 Å². The topological polar surface area (TPSA) is 70.7 Å². The molecule has 0 saturated heterocycles. The number of H-pyrrole nitrogens is 1. The van der Waals surface area contributed by atoms with Crippen molar-refractivity contribution in [1.82, 2.24) is 20.5 Å². The third kappa shape index (κ3) is 4.75. The molecular weight excluding hydrogens is 398 g/mol. The molecule has 26 heavy (non-hydrogen) atoms. The van der Waals surface area contributed by atoms with Gasteiger partial charge in [-0.3, -0.25) is 9.89 Å². The molecule has 3 aromatic rings. The summed E-state index contributed by atoms with van der Waals surface area (Å²) >= 11 is 13.1. The minimum Gasteiger partial charge on any atom is -0.351 e. The molecule has 0 aliphatic heterocycles. The van der Waals surface area contributed by atoms with E-state index < -0.39 is 5.82 Å². The number of amides is 1. The summed E-state index contributed by atoms with van der Waals surface area (Å²) in [5.41, 5.74) is 1.10. The van der Waals surface area contributed by atoms with Gasteiger partial charge in [-0.1, -0.05) is 53.2 Å². The number of carbonyl (C=O) groups is 1. The Bertz CT molecular complexity index is 935. The van der Waals surface area contributed by atoms with Gasteiger partial charge in [0, 0.05) is 16.6 Å². The lowest BCUT2D eigenvalue weighted by atomic mass is 10.2. The Morgan fingerprint density at radius 1 is 1.23 bits per heavy atom. The lowest BCUT2D eigenvalue weighted by Crippen LogP contribution is -2.24. The normalized spacial score (nSPS) is 10.7. The summed E-state index contributed by atoms with van der Waals surface area (Å²) in [4.78, 5) is 16.2. The minimum absolute atomic E-state index is 0.125. The Morgan fingerprint density at radius 2 is 2.04 bits per heavy atom. The zero-order chi connectivity index (χ0) is 18.5. The predicted octanol–water partition coefficient (Wildman–Crippen LogP) is 4.33. The van der Waals surface area contributed by atoms with Crippen LogP contribution in [-0.2, 0) is 11.3 Å². The molecule has 0 atom stereocenters. The number of hydrogen-bond acceptors (Lipinski definition) is 4. The molecule has 1 aromatic heterocycles. The van der Waals surface area contributed by atoms with Gasteiger partial charge in [0.25, 0.3) is 0 Å². The second-order valence-electron chi connectivity index (χ2n) is 5.25. The van der Waals surface area contributed by atoms with E-state index in [1.807, 2.05) is 0 Å². The van der Waals surface area contributed by atoms with Crippen molar-refractivity contribution in [2.24, 2.45) is 0 Å². The molecule has 5 nitrogen and oxygen atoms in total. The predicted molar refractivity (Wildman–Crippen MR) is 101 cm³/mol. The van der Waals surface area contributed by atoms with Crippen LogP contribution in [0.2, 0.25) is 10.0 Å². The number of aromatic amines is 1. The zero-order valence-electron chi connectivity index (χ0n) is 13.3. The fourth-order valence-electron chi connectivity index (χ4n) is 2.12. The van der Waals surface area contributed by atoms with Gasteiger partial charge in [0.2, 0.25) is 11.1 Å². The van der Waals surface area contributed by atoms with E-state index in [1.54, 1.807) is 36.4 Å². The first-order valence-corrected chi connectivity index (χ1v) is 9.28. The van der Waals surface area contributed by atoms with Crippen molar-refractivity contribution < 1.29 is 9.18 Å². The molecule has 2 aromatic carbocycles. The molecule has 0 aliphatic rings. The maximum Gasteiger partial charge on any atom is 0.230 e. The van der Waals surface area contributed by atoms with Crippen molar-refractivity contribution in [1.29, 1.82) is 0 Å². The molecule has 134 valence electrons. The lowest BCUT2D eigenvalue weighted by molar-refractivity contribution is -0.118. The van der Waals surface area contributed by atoms with E-state index >= 15 is 0 Å². The van der Waals surface area contributed by atoms with Gasteiger partial charge in [-0.05, 0) is 29.8 Å². The molecule has 2 N–H and O–H groups in total. The number of aromatic nitrogens is 3. The van der Waals surface area contributed by atoms with Crippen molar-refractivity contribution >= 4 is 40.9 Å². The van der Waals surface area contributed by atoms with Crippen LogP contribution in [-0.4, -0.2) is 26.8 Å². The van der Waals surface area contributed by atoms with Gasteiger partial charge in [-0.2, -0.15) is 0 Å². The van der Waals surface area contributed by atoms with Gasteiger partial charge in [0.15, 0.2) is 5.82 Å². The first-order chi connectivity index (χ1) is 12.5. The molecule has 0 fully saturated rings. The van der Waals surface area contributed by atoms with Crippen LogP contribution in [0.5, 0.6) is 0 Å². The highest BCUT2D eigenvalue weighted by Gasteiger charge is 2.12. The Morgan fingerprint density at radius 3 is 2.81 bits per heavy atom. The maximum atomic E-state index is 13.7. The highest BCUT2D eigenvalue weighted by Crippen LogP contribution is 2.22. The summed E-state index contributed by atoms with van der Waals surface area (Å²) < 4.78 is 13.7. The van der Waals surface area contributed by atoms with E-state index in [-0.39, 0.29) is 11.7 Å². The summed E-state index contributed by atoms with van der Waals surface area (Å²) in [6, 6.07) is 11.4. The SMILES string of the molecule is O=C(CSc1n[nH]c(-c2ccccc2F)n1)NCc1ccc(Cl)cc1Cl. The molecule has 0 unspecified atom stereocenters. The number of nitrogens with one attached hydrogen (secondary N) is 2. The van der Waals surface area contributed by atoms with E-state index in [1.165, 1.54) is 6.07 Å². The smallest absolute Gasteiger partial charge is 0.230 e. The summed E-state index contributed by atoms with van der Waals surface area (Å²) in [5.74, 6) is -0.144. The number of rotatable bonds is 6. The number of nitrogens with zero attached hydrogens (tertiary/aromatic N) is 2. The van der Waals surface area contributed by atoms with Crippen molar-refractivity contribution in [3.63, 3.8) is 0 Å². The highest BCUT2D eigenvalue weighted by molar-refractivity contribution is 7.99. The summed E-state index contributed by atoms with van der Waals surface area (Å²) in [7, 11) is 0. The van der Waals surface area contributed by atoms with Crippen LogP contribution in [0.25, 0.3) is 11.4 Å². The van der Waals surface area contributed by atoms with Gasteiger partial charge in [0.05, 0.1) is 11.3 Å². The molecule has 0 saturated carbocycles. The second-order valence-corrected chi connectivity index (χ2v) is 7.03. The van der Waals surface area contributed by atoms with Gasteiger partial charge in [-0.15, -0.1) is 5.10 Å². The third-order valence-electron chi connectivity index (χ3n) is 3.42. The Hall–Kier alpha value is -2.09. The summed E-state index contributed by atoms with van der Waals surface area (Å²) in [6.45, 7) is 0.296. The molecule has 0 bridgehead atoms. The van der Waals surface area contributed by atoms with Crippen molar-refractivity contribution in [3.8, 4) is 11.4 Å². The molecule has 0 spiro atoms. The molecule has 1 amide bonds. The lowest BCUT2D eigenvalue weighted by Gasteiger charge is -2.06. The van der Waals surface area contributed by atoms with E-state index in [0.717, 1.165) is 17.3 Å². The van der Waals surface area contributed by atoms with Crippen molar-refractivity contribution in [3.05, 3.63) is 63.9 Å². The van der Waals surface area contributed by atoms with E-state index in [2.05, 4.69) is 20.5 Å². The first-order valence-electron chi connectivity index (χ1n) is 7.53. The molecule has 3 rings (SSSR count).